The Bertz CT molecular complexity index is 6190. The van der Waals surface area contributed by atoms with Crippen LogP contribution in [-0.4, -0.2) is 213 Å². The summed E-state index contributed by atoms with van der Waals surface area (Å²) in [6, 6.07) is 55.6. The van der Waals surface area contributed by atoms with Crippen molar-refractivity contribution in [2.45, 2.75) is 95.9 Å². The van der Waals surface area contributed by atoms with Gasteiger partial charge in [-0.05, 0) is 162 Å². The summed E-state index contributed by atoms with van der Waals surface area (Å²) in [5.74, 6) is -0.263. The van der Waals surface area contributed by atoms with Crippen molar-refractivity contribution in [1.82, 2.24) is 73.5 Å². The summed E-state index contributed by atoms with van der Waals surface area (Å²) in [6.07, 6.45) is 17.9. The molecule has 0 aliphatic carbocycles. The van der Waals surface area contributed by atoms with Gasteiger partial charge in [-0.25, -0.2) is 90.0 Å². The number of hydrogen-bond donors (Lipinski definition) is 10. The van der Waals surface area contributed by atoms with Crippen molar-refractivity contribution in [3.8, 4) is 11.1 Å². The summed E-state index contributed by atoms with van der Waals surface area (Å²) in [4.78, 5) is 79.4. The van der Waals surface area contributed by atoms with E-state index < -0.39 is 70.2 Å². The van der Waals surface area contributed by atoms with E-state index >= 15 is 0 Å². The summed E-state index contributed by atoms with van der Waals surface area (Å²) in [5, 5.41) is 49.9. The predicted molar refractivity (Wildman–Crippen MR) is 462 cm³/mol. The lowest BCUT2D eigenvalue weighted by Crippen LogP contribution is -2.42. The van der Waals surface area contributed by atoms with Gasteiger partial charge in [0.1, 0.15) is 12.4 Å². The average molecular weight is 1760 g/mol. The lowest BCUT2D eigenvalue weighted by molar-refractivity contribution is 0.0701. The van der Waals surface area contributed by atoms with Crippen LogP contribution in [0.2, 0.25) is 0 Å². The molecule has 16 rings (SSSR count). The predicted octanol–water partition coefficient (Wildman–Crippen LogP) is 9.64. The molecule has 8 aromatic carbocycles. The lowest BCUT2D eigenvalue weighted by Gasteiger charge is -2.32. The molecule has 10 N–H and O–H groups in total. The highest BCUT2D eigenvalue weighted by Crippen LogP contribution is 2.33. The minimum Gasteiger partial charge on any atom is -0.388 e. The number of benzene rings is 8. The molecule has 1 atom stereocenters. The Kier molecular flexibility index (Phi) is 29.9. The van der Waals surface area contributed by atoms with Crippen LogP contribution in [0.4, 0.5) is 17.8 Å². The van der Waals surface area contributed by atoms with Gasteiger partial charge in [-0.1, -0.05) is 133 Å². The molecule has 38 heteroatoms. The van der Waals surface area contributed by atoms with Crippen LogP contribution in [0, 0.1) is 11.8 Å². The van der Waals surface area contributed by atoms with Crippen molar-refractivity contribution >= 4 is 114 Å². The van der Waals surface area contributed by atoms with Gasteiger partial charge in [0, 0.05) is 127 Å². The van der Waals surface area contributed by atoms with Crippen molar-refractivity contribution in [1.29, 1.82) is 0 Å². The van der Waals surface area contributed by atoms with E-state index in [1.54, 1.807) is 57.1 Å². The molecule has 0 saturated carbocycles. The molecule has 4 saturated heterocycles. The van der Waals surface area contributed by atoms with E-state index in [0.29, 0.717) is 141 Å². The molecule has 34 nitrogen and oxygen atoms in total. The second kappa shape index (κ2) is 41.3. The van der Waals surface area contributed by atoms with Crippen LogP contribution in [-0.2, 0) is 46.5 Å². The number of fused-ring (bicyclic) bond motifs is 3. The SMILES string of the molecule is O=C(CO)c1cnc(CCC2CCN(S(=O)(=O)c3ccc4ccccc4c3)CC2)nc1.O=C(NO)c1cnc(NC2CCN(S(=O)(=O)c3ccc(-c4ccccc4)cc3)CC2)nc1.O=C(NO)c1cnc(NC2CCN(S(=O)(=O)c3ccc4ccccc4c3)CC2)nc1.O=C(NO)c1cnc(NCC2CCCN(S(=O)(=O)c3ccc4ccccc4c3)C2)nc1. The lowest BCUT2D eigenvalue weighted by atomic mass is 9.93. The second-order valence-electron chi connectivity index (χ2n) is 29.9. The number of aryl methyl sites for hydroxylation is 1. The number of hydrogen-bond acceptors (Lipinski definition) is 27. The Balaban J connectivity index is 0.000000142. The maximum absolute atomic E-state index is 13.2. The van der Waals surface area contributed by atoms with Gasteiger partial charge in [-0.3, -0.25) is 34.8 Å². The maximum atomic E-state index is 13.2. The molecule has 1 unspecified atom stereocenters. The monoisotopic (exact) mass is 1760 g/mol. The van der Waals surface area contributed by atoms with Crippen molar-refractivity contribution in [3.63, 3.8) is 0 Å². The molecule has 0 spiro atoms. The second-order valence-corrected chi connectivity index (χ2v) is 37.6. The number of amides is 3. The van der Waals surface area contributed by atoms with E-state index in [9.17, 15) is 52.8 Å². The number of aromatic nitrogens is 8. The fourth-order valence-electron chi connectivity index (χ4n) is 14.8. The third-order valence-electron chi connectivity index (χ3n) is 21.8. The summed E-state index contributed by atoms with van der Waals surface area (Å²) in [6.45, 7) is 3.40. The number of aliphatic hydroxyl groups excluding tert-OH is 1. The molecule has 4 aliphatic rings. The Hall–Kier alpha value is -12.2. The number of Topliss-reactive ketones (excluding diaryl/α,β-unsaturated/α-hetero) is 1. The molecule has 12 aromatic rings. The van der Waals surface area contributed by atoms with Crippen LogP contribution in [0.5, 0.6) is 0 Å². The topological polar surface area (TPSA) is 474 Å². The van der Waals surface area contributed by atoms with E-state index in [-0.39, 0.29) is 39.6 Å². The largest absolute Gasteiger partial charge is 0.388 e. The third kappa shape index (κ3) is 22.6. The van der Waals surface area contributed by atoms with Crippen molar-refractivity contribution in [2.75, 3.05) is 81.5 Å². The smallest absolute Gasteiger partial charge is 0.277 e. The highest BCUT2D eigenvalue weighted by atomic mass is 32.2. The Labute approximate surface area is 716 Å². The number of hydroxylamine groups is 3. The summed E-state index contributed by atoms with van der Waals surface area (Å²) >= 11 is 0. The normalized spacial score (nSPS) is 16.1. The molecule has 0 radical (unpaired) electrons. The first-order chi connectivity index (χ1) is 59.9. The number of anilines is 3. The van der Waals surface area contributed by atoms with Gasteiger partial charge < -0.3 is 21.1 Å². The number of carbonyl (C=O) groups excluding carboxylic acids is 4. The fraction of sp³-hybridized carbons (Fsp3) is 0.279. The van der Waals surface area contributed by atoms with E-state index in [1.807, 2.05) is 133 Å². The molecule has 0 bridgehead atoms. The minimum atomic E-state index is -3.58. The third-order valence-corrected chi connectivity index (χ3v) is 29.4. The van der Waals surface area contributed by atoms with Crippen LogP contribution in [0.25, 0.3) is 43.4 Å². The number of carbonyl (C=O) groups is 4. The molecular weight excluding hydrogens is 1670 g/mol. The standard InChI is InChI=1S/C23H25N3O4S.C22H23N5O4S.C21H23N5O4S.C20H21N5O4S/c27-16-22(28)20-14-24-23(25-15-20)8-5-17-9-11-26(12-10-17)31(29,30)21-7-6-18-3-1-2-4-19(18)13-21;28-21(26-29)18-14-23-22(24-15-18)25-19-10-12-27(13-11-19)32(30,31)20-8-6-17(7-9-20)16-4-2-1-3-5-16;27-20(25-28)18-12-23-21(24-13-18)22-11-15-4-3-9-26(14-15)31(29,30)19-8-7-16-5-1-2-6-17(16)10-19;26-19(24-27)16-12-21-20(22-13-16)23-17-7-9-25(10-8-17)30(28,29)18-6-5-14-3-1-2-4-15(14)11-18/h1-4,6-7,13-15,17,27H,5,8-12,16H2;1-9,14-15,19,29H,10-13H2,(H,26,28)(H,23,24,25);1-2,5-8,10,12-13,15,28H,3-4,9,11,14H2,(H,25,27)(H,22,23,24);1-6,11-13,17,27H,7-10H2,(H,24,26)(H,21,22,23). The summed E-state index contributed by atoms with van der Waals surface area (Å²) < 4.78 is 111. The molecular formula is C86H92N18O16S4. The Morgan fingerprint density at radius 3 is 1.10 bits per heavy atom. The molecule has 4 aliphatic heterocycles. The van der Waals surface area contributed by atoms with E-state index in [0.717, 1.165) is 75.5 Å². The maximum Gasteiger partial charge on any atom is 0.277 e. The highest BCUT2D eigenvalue weighted by Gasteiger charge is 2.35. The number of rotatable bonds is 24. The number of nitrogens with one attached hydrogen (secondary N) is 6. The number of sulfonamides is 4. The Morgan fingerprint density at radius 2 is 0.702 bits per heavy atom. The van der Waals surface area contributed by atoms with Gasteiger partial charge in [0.15, 0.2) is 5.78 Å². The molecule has 4 fully saturated rings. The van der Waals surface area contributed by atoms with Crippen LogP contribution in [0.3, 0.4) is 0 Å². The fourth-order valence-corrected chi connectivity index (χ4v) is 20.9. The van der Waals surface area contributed by atoms with Crippen LogP contribution < -0.4 is 32.4 Å². The minimum absolute atomic E-state index is 0.0134. The van der Waals surface area contributed by atoms with Gasteiger partial charge in [-0.15, -0.1) is 0 Å². The van der Waals surface area contributed by atoms with Crippen LogP contribution in [0.15, 0.2) is 251 Å². The van der Waals surface area contributed by atoms with Crippen molar-refractivity contribution in [2.24, 2.45) is 11.8 Å². The first kappa shape index (κ1) is 89.6. The first-order valence-electron chi connectivity index (χ1n) is 40.0. The number of ketones is 1. The zero-order valence-corrected chi connectivity index (χ0v) is 70.3. The zero-order chi connectivity index (χ0) is 87.4. The van der Waals surface area contributed by atoms with Crippen LogP contribution in [0.1, 0.15) is 105 Å². The van der Waals surface area contributed by atoms with E-state index in [4.69, 9.17) is 20.7 Å². The van der Waals surface area contributed by atoms with Gasteiger partial charge in [0.2, 0.25) is 57.9 Å². The molecule has 124 heavy (non-hydrogen) atoms. The highest BCUT2D eigenvalue weighted by molar-refractivity contribution is 7.90. The molecule has 3 amide bonds. The van der Waals surface area contributed by atoms with Gasteiger partial charge in [0.25, 0.3) is 17.7 Å². The van der Waals surface area contributed by atoms with Crippen molar-refractivity contribution < 1.29 is 73.6 Å². The van der Waals surface area contributed by atoms with E-state index in [2.05, 4.69) is 55.8 Å². The number of aliphatic hydroxyl groups is 1. The number of piperidine rings is 4. The van der Waals surface area contributed by atoms with Gasteiger partial charge in [-0.2, -0.15) is 17.2 Å². The first-order valence-corrected chi connectivity index (χ1v) is 45.8. The summed E-state index contributed by atoms with van der Waals surface area (Å²) in [7, 11) is -14.2. The number of nitrogens with zero attached hydrogens (tertiary/aromatic N) is 12. The van der Waals surface area contributed by atoms with Gasteiger partial charge in [0.05, 0.1) is 41.8 Å². The van der Waals surface area contributed by atoms with Gasteiger partial charge >= 0.3 is 0 Å². The zero-order valence-electron chi connectivity index (χ0n) is 67.1. The molecule has 4 aromatic heterocycles. The molecule has 8 heterocycles. The quantitative estimate of drug-likeness (QED) is 0.0153. The average Bonchev–Trinajstić information content (AvgIpc) is 0.781. The molecule has 646 valence electrons. The summed E-state index contributed by atoms with van der Waals surface area (Å²) in [5.41, 5.74) is 7.29. The van der Waals surface area contributed by atoms with E-state index in [1.165, 1.54) is 74.6 Å². The van der Waals surface area contributed by atoms with Crippen molar-refractivity contribution in [3.05, 3.63) is 260 Å². The van der Waals surface area contributed by atoms with Crippen LogP contribution >= 0.6 is 0 Å². The Morgan fingerprint density at radius 1 is 0.355 bits per heavy atom.